The molecule has 0 aliphatic heterocycles. The van der Waals surface area contributed by atoms with Crippen LogP contribution in [0.2, 0.25) is 0 Å². The molecule has 0 bridgehead atoms. The Labute approximate surface area is 130 Å². The van der Waals surface area contributed by atoms with Crippen LogP contribution < -0.4 is 11.1 Å². The Bertz CT molecular complexity index is 448. The molecule has 5 heteroatoms. The zero-order chi connectivity index (χ0) is 13.8. The van der Waals surface area contributed by atoms with Gasteiger partial charge < -0.3 is 11.1 Å². The molecular formula is C14H18Br2N2O. The van der Waals surface area contributed by atoms with Crippen molar-refractivity contribution in [1.29, 1.82) is 0 Å². The average molecular weight is 390 g/mol. The minimum atomic E-state index is 0.0677. The molecule has 0 heterocycles. The fourth-order valence-corrected chi connectivity index (χ4v) is 3.97. The molecule has 1 fully saturated rings. The molecule has 0 saturated heterocycles. The summed E-state index contributed by atoms with van der Waals surface area (Å²) >= 11 is 6.84. The van der Waals surface area contributed by atoms with Gasteiger partial charge in [0.05, 0.1) is 5.69 Å². The summed E-state index contributed by atoms with van der Waals surface area (Å²) in [7, 11) is 0. The van der Waals surface area contributed by atoms with Crippen molar-refractivity contribution in [2.45, 2.75) is 38.5 Å². The second-order valence-electron chi connectivity index (χ2n) is 5.10. The Morgan fingerprint density at radius 3 is 2.42 bits per heavy atom. The van der Waals surface area contributed by atoms with Gasteiger partial charge in [-0.15, -0.1) is 0 Å². The maximum absolute atomic E-state index is 12.0. The molecule has 0 radical (unpaired) electrons. The summed E-state index contributed by atoms with van der Waals surface area (Å²) < 4.78 is 1.60. The van der Waals surface area contributed by atoms with Crippen molar-refractivity contribution in [3.05, 3.63) is 21.1 Å². The van der Waals surface area contributed by atoms with Gasteiger partial charge >= 0.3 is 0 Å². The molecule has 1 saturated carbocycles. The van der Waals surface area contributed by atoms with Gasteiger partial charge in [-0.05, 0) is 56.3 Å². The highest BCUT2D eigenvalue weighted by Gasteiger charge is 2.17. The van der Waals surface area contributed by atoms with E-state index < -0.39 is 0 Å². The number of nitrogens with one attached hydrogen (secondary N) is 1. The van der Waals surface area contributed by atoms with E-state index in [1.54, 1.807) is 12.1 Å². The first-order valence-corrected chi connectivity index (χ1v) is 8.19. The first-order valence-electron chi connectivity index (χ1n) is 6.60. The van der Waals surface area contributed by atoms with E-state index in [4.69, 9.17) is 5.73 Å². The number of rotatable bonds is 4. The van der Waals surface area contributed by atoms with Crippen LogP contribution in [0.15, 0.2) is 21.1 Å². The molecule has 104 valence electrons. The average Bonchev–Trinajstić information content (AvgIpc) is 2.84. The van der Waals surface area contributed by atoms with Crippen LogP contribution >= 0.6 is 31.9 Å². The lowest BCUT2D eigenvalue weighted by molar-refractivity contribution is -0.116. The van der Waals surface area contributed by atoms with Gasteiger partial charge in [-0.3, -0.25) is 4.79 Å². The summed E-state index contributed by atoms with van der Waals surface area (Å²) in [5.41, 5.74) is 7.14. The Balaban J connectivity index is 1.91. The van der Waals surface area contributed by atoms with Crippen molar-refractivity contribution in [2.75, 3.05) is 11.1 Å². The van der Waals surface area contributed by atoms with Gasteiger partial charge in [0.2, 0.25) is 5.91 Å². The van der Waals surface area contributed by atoms with Crippen molar-refractivity contribution in [3.8, 4) is 0 Å². The number of hydrogen-bond acceptors (Lipinski definition) is 2. The summed E-state index contributed by atoms with van der Waals surface area (Å²) in [5.74, 6) is 0.808. The third kappa shape index (κ3) is 4.21. The topological polar surface area (TPSA) is 55.1 Å². The number of hydrogen-bond donors (Lipinski definition) is 2. The second kappa shape index (κ2) is 6.75. The van der Waals surface area contributed by atoms with Crippen LogP contribution in [0.4, 0.5) is 11.4 Å². The summed E-state index contributed by atoms with van der Waals surface area (Å²) in [4.78, 5) is 12.0. The maximum atomic E-state index is 12.0. The molecule has 1 amide bonds. The number of nitrogen functional groups attached to an aromatic ring is 1. The van der Waals surface area contributed by atoms with Gasteiger partial charge in [0, 0.05) is 21.1 Å². The van der Waals surface area contributed by atoms with Crippen LogP contribution in [0.1, 0.15) is 38.5 Å². The Kier molecular flexibility index (Phi) is 5.28. The molecule has 3 N–H and O–H groups in total. The van der Waals surface area contributed by atoms with Crippen molar-refractivity contribution in [2.24, 2.45) is 5.92 Å². The Morgan fingerprint density at radius 2 is 1.84 bits per heavy atom. The highest BCUT2D eigenvalue weighted by molar-refractivity contribution is 9.11. The Morgan fingerprint density at radius 1 is 1.26 bits per heavy atom. The largest absolute Gasteiger partial charge is 0.399 e. The first kappa shape index (κ1) is 14.9. The van der Waals surface area contributed by atoms with E-state index in [1.807, 2.05) is 0 Å². The zero-order valence-electron chi connectivity index (χ0n) is 10.7. The molecule has 1 aromatic carbocycles. The molecule has 0 atom stereocenters. The number of amides is 1. The SMILES string of the molecule is Nc1cc(Br)c(NC(=O)CCC2CCCC2)c(Br)c1. The monoisotopic (exact) mass is 388 g/mol. The fourth-order valence-electron chi connectivity index (χ4n) is 2.55. The molecule has 1 aliphatic carbocycles. The van der Waals surface area contributed by atoms with Crippen LogP contribution in [0, 0.1) is 5.92 Å². The van der Waals surface area contributed by atoms with E-state index in [0.717, 1.165) is 27.0 Å². The van der Waals surface area contributed by atoms with Gasteiger partial charge in [0.1, 0.15) is 0 Å². The van der Waals surface area contributed by atoms with Gasteiger partial charge in [0.25, 0.3) is 0 Å². The molecule has 1 aromatic rings. The predicted octanol–water partition coefficient (Wildman–Crippen LogP) is 4.70. The van der Waals surface area contributed by atoms with E-state index in [0.29, 0.717) is 12.1 Å². The third-order valence-corrected chi connectivity index (χ3v) is 4.83. The van der Waals surface area contributed by atoms with Crippen molar-refractivity contribution in [1.82, 2.24) is 0 Å². The van der Waals surface area contributed by atoms with E-state index in [1.165, 1.54) is 25.7 Å². The minimum Gasteiger partial charge on any atom is -0.399 e. The fraction of sp³-hybridized carbons (Fsp3) is 0.500. The summed E-state index contributed by atoms with van der Waals surface area (Å²) in [6.45, 7) is 0. The van der Waals surface area contributed by atoms with Crippen LogP contribution in [-0.4, -0.2) is 5.91 Å². The number of carbonyl (C=O) groups is 1. The molecule has 0 unspecified atom stereocenters. The van der Waals surface area contributed by atoms with Gasteiger partial charge in [-0.1, -0.05) is 25.7 Å². The predicted molar refractivity (Wildman–Crippen MR) is 86.1 cm³/mol. The molecule has 3 nitrogen and oxygen atoms in total. The number of benzene rings is 1. The van der Waals surface area contributed by atoms with Crippen molar-refractivity contribution >= 4 is 49.1 Å². The van der Waals surface area contributed by atoms with Gasteiger partial charge in [0.15, 0.2) is 0 Å². The minimum absolute atomic E-state index is 0.0677. The standard InChI is InChI=1S/C14H18Br2N2O/c15-11-7-10(17)8-12(16)14(11)18-13(19)6-5-9-3-1-2-4-9/h7-9H,1-6,17H2,(H,18,19). The second-order valence-corrected chi connectivity index (χ2v) is 6.81. The quantitative estimate of drug-likeness (QED) is 0.733. The lowest BCUT2D eigenvalue weighted by Gasteiger charge is -2.12. The lowest BCUT2D eigenvalue weighted by Crippen LogP contribution is -2.13. The van der Waals surface area contributed by atoms with E-state index in [9.17, 15) is 4.79 Å². The Hall–Kier alpha value is -0.550. The molecule has 2 rings (SSSR count). The summed E-state index contributed by atoms with van der Waals surface area (Å²) in [5, 5.41) is 2.94. The molecule has 19 heavy (non-hydrogen) atoms. The normalized spacial score (nSPS) is 15.7. The van der Waals surface area contributed by atoms with Crippen molar-refractivity contribution < 1.29 is 4.79 Å². The van der Waals surface area contributed by atoms with Crippen LogP contribution in [0.3, 0.4) is 0 Å². The number of halogens is 2. The molecular weight excluding hydrogens is 372 g/mol. The van der Waals surface area contributed by atoms with Crippen LogP contribution in [-0.2, 0) is 4.79 Å². The van der Waals surface area contributed by atoms with Gasteiger partial charge in [-0.2, -0.15) is 0 Å². The number of anilines is 2. The summed E-state index contributed by atoms with van der Waals surface area (Å²) in [6.07, 6.45) is 6.79. The summed E-state index contributed by atoms with van der Waals surface area (Å²) in [6, 6.07) is 3.58. The van der Waals surface area contributed by atoms with Crippen LogP contribution in [0.25, 0.3) is 0 Å². The number of nitrogens with two attached hydrogens (primary N) is 1. The van der Waals surface area contributed by atoms with Crippen molar-refractivity contribution in [3.63, 3.8) is 0 Å². The van der Waals surface area contributed by atoms with E-state index >= 15 is 0 Å². The van der Waals surface area contributed by atoms with E-state index in [-0.39, 0.29) is 5.91 Å². The van der Waals surface area contributed by atoms with E-state index in [2.05, 4.69) is 37.2 Å². The van der Waals surface area contributed by atoms with Gasteiger partial charge in [-0.25, -0.2) is 0 Å². The smallest absolute Gasteiger partial charge is 0.224 e. The lowest BCUT2D eigenvalue weighted by atomic mass is 10.0. The number of carbonyl (C=O) groups excluding carboxylic acids is 1. The molecule has 0 aromatic heterocycles. The first-order chi connectivity index (χ1) is 9.06. The highest BCUT2D eigenvalue weighted by Crippen LogP contribution is 2.34. The highest BCUT2D eigenvalue weighted by atomic mass is 79.9. The maximum Gasteiger partial charge on any atom is 0.224 e. The zero-order valence-corrected chi connectivity index (χ0v) is 13.9. The molecule has 1 aliphatic rings. The van der Waals surface area contributed by atoms with Crippen LogP contribution in [0.5, 0.6) is 0 Å². The third-order valence-electron chi connectivity index (χ3n) is 3.58. The molecule has 0 spiro atoms.